The summed E-state index contributed by atoms with van der Waals surface area (Å²) in [5.74, 6) is 1.36. The van der Waals surface area contributed by atoms with Crippen molar-refractivity contribution < 1.29 is 23.8 Å². The number of oxime groups is 1. The van der Waals surface area contributed by atoms with Gasteiger partial charge in [-0.05, 0) is 36.8 Å². The summed E-state index contributed by atoms with van der Waals surface area (Å²) in [5, 5.41) is 6.55. The van der Waals surface area contributed by atoms with Gasteiger partial charge in [-0.15, -0.1) is 0 Å². The van der Waals surface area contributed by atoms with Crippen LogP contribution in [0.25, 0.3) is 0 Å². The number of carbonyl (C=O) groups excluding carboxylic acids is 1. The molecule has 2 aromatic carbocycles. The maximum atomic E-state index is 12.0. The standard InChI is InChI=1S/C19H22N2O5/c1-13-8-9-16(23-2)15(10-13)21-18(22)12-26-20-11-14-6-5-7-17(24-3)19(14)25-4/h5-11H,12H2,1-4H3,(H,21,22)/b20-11-. The molecule has 0 saturated heterocycles. The molecule has 0 heterocycles. The monoisotopic (exact) mass is 358 g/mol. The summed E-state index contributed by atoms with van der Waals surface area (Å²) in [4.78, 5) is 17.1. The summed E-state index contributed by atoms with van der Waals surface area (Å²) in [6.45, 7) is 1.69. The zero-order valence-corrected chi connectivity index (χ0v) is 15.2. The quantitative estimate of drug-likeness (QED) is 0.580. The second-order valence-corrected chi connectivity index (χ2v) is 5.34. The minimum absolute atomic E-state index is 0.236. The minimum Gasteiger partial charge on any atom is -0.495 e. The first-order valence-electron chi connectivity index (χ1n) is 7.89. The number of para-hydroxylation sites is 1. The molecule has 0 bridgehead atoms. The molecule has 2 aromatic rings. The first kappa shape index (κ1) is 19.1. The lowest BCUT2D eigenvalue weighted by atomic mass is 10.2. The minimum atomic E-state index is -0.344. The van der Waals surface area contributed by atoms with Crippen molar-refractivity contribution in [3.63, 3.8) is 0 Å². The Morgan fingerprint density at radius 2 is 1.85 bits per heavy atom. The maximum absolute atomic E-state index is 12.0. The van der Waals surface area contributed by atoms with Crippen molar-refractivity contribution in [1.29, 1.82) is 0 Å². The van der Waals surface area contributed by atoms with Crippen LogP contribution in [0.2, 0.25) is 0 Å². The van der Waals surface area contributed by atoms with Gasteiger partial charge in [0.05, 0.1) is 33.2 Å². The van der Waals surface area contributed by atoms with Crippen LogP contribution < -0.4 is 19.5 Å². The third-order valence-electron chi connectivity index (χ3n) is 3.52. The fourth-order valence-electron chi connectivity index (χ4n) is 2.31. The number of carbonyl (C=O) groups is 1. The Balaban J connectivity index is 1.95. The van der Waals surface area contributed by atoms with Gasteiger partial charge in [-0.1, -0.05) is 17.3 Å². The van der Waals surface area contributed by atoms with Gasteiger partial charge in [0.1, 0.15) is 5.75 Å². The molecule has 26 heavy (non-hydrogen) atoms. The van der Waals surface area contributed by atoms with Gasteiger partial charge in [0.25, 0.3) is 5.91 Å². The summed E-state index contributed by atoms with van der Waals surface area (Å²) in [6, 6.07) is 10.9. The number of nitrogens with zero attached hydrogens (tertiary/aromatic N) is 1. The summed E-state index contributed by atoms with van der Waals surface area (Å²) < 4.78 is 15.7. The van der Waals surface area contributed by atoms with Crippen molar-refractivity contribution in [2.45, 2.75) is 6.92 Å². The highest BCUT2D eigenvalue weighted by Crippen LogP contribution is 2.29. The van der Waals surface area contributed by atoms with Gasteiger partial charge < -0.3 is 24.4 Å². The Hall–Kier alpha value is -3.22. The van der Waals surface area contributed by atoms with Gasteiger partial charge in [-0.25, -0.2) is 0 Å². The van der Waals surface area contributed by atoms with Crippen LogP contribution in [0.1, 0.15) is 11.1 Å². The average Bonchev–Trinajstić information content (AvgIpc) is 2.65. The number of amides is 1. The van der Waals surface area contributed by atoms with E-state index in [9.17, 15) is 4.79 Å². The first-order valence-corrected chi connectivity index (χ1v) is 7.89. The van der Waals surface area contributed by atoms with Crippen molar-refractivity contribution in [2.24, 2.45) is 5.16 Å². The Kier molecular flexibility index (Phi) is 6.84. The summed E-state index contributed by atoms with van der Waals surface area (Å²) in [6.07, 6.45) is 1.46. The van der Waals surface area contributed by atoms with E-state index in [1.165, 1.54) is 6.21 Å². The number of hydrogen-bond donors (Lipinski definition) is 1. The number of rotatable bonds is 8. The van der Waals surface area contributed by atoms with E-state index in [0.717, 1.165) is 5.56 Å². The molecule has 0 aliphatic rings. The van der Waals surface area contributed by atoms with Crippen LogP contribution in [0.5, 0.6) is 17.2 Å². The Labute approximate surface area is 152 Å². The highest BCUT2D eigenvalue weighted by molar-refractivity contribution is 5.93. The third-order valence-corrected chi connectivity index (χ3v) is 3.52. The van der Waals surface area contributed by atoms with E-state index >= 15 is 0 Å². The van der Waals surface area contributed by atoms with E-state index in [2.05, 4.69) is 10.5 Å². The largest absolute Gasteiger partial charge is 0.495 e. The van der Waals surface area contributed by atoms with Gasteiger partial charge in [0.15, 0.2) is 18.1 Å². The van der Waals surface area contributed by atoms with Gasteiger partial charge >= 0.3 is 0 Å². The van der Waals surface area contributed by atoms with Gasteiger partial charge in [-0.3, -0.25) is 4.79 Å². The molecule has 2 rings (SSSR count). The normalized spacial score (nSPS) is 10.5. The Morgan fingerprint density at radius 3 is 2.54 bits per heavy atom. The van der Waals surface area contributed by atoms with Crippen LogP contribution in [0, 0.1) is 6.92 Å². The zero-order chi connectivity index (χ0) is 18.9. The van der Waals surface area contributed by atoms with Crippen molar-refractivity contribution in [1.82, 2.24) is 0 Å². The predicted octanol–water partition coefficient (Wildman–Crippen LogP) is 3.01. The lowest BCUT2D eigenvalue weighted by Gasteiger charge is -2.10. The highest BCUT2D eigenvalue weighted by atomic mass is 16.6. The Bertz CT molecular complexity index is 789. The van der Waals surface area contributed by atoms with E-state index in [0.29, 0.717) is 28.5 Å². The summed E-state index contributed by atoms with van der Waals surface area (Å²) in [7, 11) is 4.64. The topological polar surface area (TPSA) is 78.4 Å². The number of anilines is 1. The lowest BCUT2D eigenvalue weighted by molar-refractivity contribution is -0.120. The Morgan fingerprint density at radius 1 is 1.08 bits per heavy atom. The van der Waals surface area contributed by atoms with E-state index in [1.807, 2.05) is 19.1 Å². The molecule has 7 nitrogen and oxygen atoms in total. The molecule has 0 saturated carbocycles. The number of aryl methyl sites for hydroxylation is 1. The zero-order valence-electron chi connectivity index (χ0n) is 15.2. The number of benzene rings is 2. The van der Waals surface area contributed by atoms with Crippen molar-refractivity contribution in [2.75, 3.05) is 33.3 Å². The van der Waals surface area contributed by atoms with Gasteiger partial charge in [0.2, 0.25) is 0 Å². The van der Waals surface area contributed by atoms with Gasteiger partial charge in [-0.2, -0.15) is 0 Å². The molecule has 1 amide bonds. The number of ether oxygens (including phenoxy) is 3. The average molecular weight is 358 g/mol. The second-order valence-electron chi connectivity index (χ2n) is 5.34. The molecule has 138 valence electrons. The van der Waals surface area contributed by atoms with E-state index < -0.39 is 0 Å². The van der Waals surface area contributed by atoms with Crippen LogP contribution in [-0.4, -0.2) is 40.1 Å². The smallest absolute Gasteiger partial charge is 0.265 e. The third kappa shape index (κ3) is 4.89. The fourth-order valence-corrected chi connectivity index (χ4v) is 2.31. The maximum Gasteiger partial charge on any atom is 0.265 e. The molecule has 0 unspecified atom stereocenters. The molecule has 0 radical (unpaired) electrons. The van der Waals surface area contributed by atoms with Crippen LogP contribution in [0.4, 0.5) is 5.69 Å². The lowest BCUT2D eigenvalue weighted by Crippen LogP contribution is -2.17. The van der Waals surface area contributed by atoms with Gasteiger partial charge in [0, 0.05) is 5.56 Å². The molecular weight excluding hydrogens is 336 g/mol. The van der Waals surface area contributed by atoms with Crippen LogP contribution in [0.15, 0.2) is 41.6 Å². The summed E-state index contributed by atoms with van der Waals surface area (Å²) in [5.41, 5.74) is 2.26. The highest BCUT2D eigenvalue weighted by Gasteiger charge is 2.09. The predicted molar refractivity (Wildman–Crippen MR) is 99.5 cm³/mol. The number of nitrogens with one attached hydrogen (secondary N) is 1. The van der Waals surface area contributed by atoms with E-state index in [4.69, 9.17) is 19.0 Å². The fraction of sp³-hybridized carbons (Fsp3) is 0.263. The van der Waals surface area contributed by atoms with Crippen LogP contribution in [-0.2, 0) is 9.63 Å². The molecule has 0 atom stereocenters. The van der Waals surface area contributed by atoms with Crippen molar-refractivity contribution in [3.05, 3.63) is 47.5 Å². The van der Waals surface area contributed by atoms with E-state index in [-0.39, 0.29) is 12.5 Å². The van der Waals surface area contributed by atoms with Crippen LogP contribution >= 0.6 is 0 Å². The summed E-state index contributed by atoms with van der Waals surface area (Å²) >= 11 is 0. The molecular formula is C19H22N2O5. The van der Waals surface area contributed by atoms with Crippen LogP contribution in [0.3, 0.4) is 0 Å². The first-order chi connectivity index (χ1) is 12.6. The molecule has 0 aliphatic heterocycles. The molecule has 0 aromatic heterocycles. The SMILES string of the molecule is COc1ccc(C)cc1NC(=O)CO/N=C\c1cccc(OC)c1OC. The van der Waals surface area contributed by atoms with E-state index in [1.54, 1.807) is 45.6 Å². The second kappa shape index (κ2) is 9.31. The van der Waals surface area contributed by atoms with Crippen molar-refractivity contribution in [3.8, 4) is 17.2 Å². The molecule has 1 N–H and O–H groups in total. The molecule has 0 fully saturated rings. The number of methoxy groups -OCH3 is 3. The molecule has 7 heteroatoms. The molecule has 0 aliphatic carbocycles. The number of hydrogen-bond acceptors (Lipinski definition) is 6. The van der Waals surface area contributed by atoms with Crippen molar-refractivity contribution >= 4 is 17.8 Å². The molecule has 0 spiro atoms.